The van der Waals surface area contributed by atoms with Crippen LogP contribution in [-0.4, -0.2) is 36.4 Å². The third kappa shape index (κ3) is 4.41. The van der Waals surface area contributed by atoms with E-state index in [0.717, 1.165) is 32.5 Å². The lowest BCUT2D eigenvalue weighted by molar-refractivity contribution is -0.205. The lowest BCUT2D eigenvalue weighted by Gasteiger charge is -2.21. The fourth-order valence-corrected chi connectivity index (χ4v) is 1.21. The number of esters is 1. The van der Waals surface area contributed by atoms with Gasteiger partial charge in [-0.3, -0.25) is 9.78 Å². The molecule has 0 radical (unpaired) electrons. The van der Waals surface area contributed by atoms with E-state index in [1.165, 1.54) is 0 Å². The van der Waals surface area contributed by atoms with Gasteiger partial charge in [-0.05, 0) is 6.07 Å². The normalized spacial score (nSPS) is 12.4. The van der Waals surface area contributed by atoms with Crippen LogP contribution in [0.1, 0.15) is 17.3 Å². The molecule has 0 saturated heterocycles. The quantitative estimate of drug-likeness (QED) is 0.668. The topological polar surface area (TPSA) is 77.5 Å². The minimum atomic E-state index is -4.81. The van der Waals surface area contributed by atoms with Gasteiger partial charge in [-0.1, -0.05) is 0 Å². The fraction of sp³-hybridized carbons (Fsp3) is 0.364. The molecule has 1 unspecified atom stereocenters. The summed E-state index contributed by atoms with van der Waals surface area (Å²) in [4.78, 5) is 25.5. The van der Waals surface area contributed by atoms with E-state index in [9.17, 15) is 22.8 Å². The van der Waals surface area contributed by atoms with E-state index in [2.05, 4.69) is 14.5 Å². The second kappa shape index (κ2) is 6.22. The van der Waals surface area contributed by atoms with Crippen LogP contribution in [0.4, 0.5) is 13.2 Å². The number of halogens is 3. The van der Waals surface area contributed by atoms with Crippen molar-refractivity contribution in [2.24, 2.45) is 0 Å². The number of amides is 1. The summed E-state index contributed by atoms with van der Waals surface area (Å²) in [7, 11) is 1.12. The molecule has 0 saturated carbocycles. The number of rotatable bonds is 4. The Labute approximate surface area is 111 Å². The molecule has 0 spiro atoms. The highest BCUT2D eigenvalue weighted by molar-refractivity contribution is 5.89. The maximum atomic E-state index is 12.6. The number of aromatic nitrogens is 1. The molecule has 1 rings (SSSR count). The Kier molecular flexibility index (Phi) is 4.89. The number of carbonyl (C=O) groups excluding carboxylic acids is 2. The average molecular weight is 292 g/mol. The summed E-state index contributed by atoms with van der Waals surface area (Å²) in [5, 5.41) is 1.60. The summed E-state index contributed by atoms with van der Waals surface area (Å²) in [6, 6.07) is 1.03. The summed E-state index contributed by atoms with van der Waals surface area (Å²) >= 11 is 0. The molecule has 20 heavy (non-hydrogen) atoms. The molecule has 9 heteroatoms. The van der Waals surface area contributed by atoms with Crippen LogP contribution in [0.2, 0.25) is 0 Å². The van der Waals surface area contributed by atoms with Gasteiger partial charge >= 0.3 is 12.1 Å². The summed E-state index contributed by atoms with van der Waals surface area (Å²) < 4.78 is 46.9. The largest absolute Gasteiger partial charge is 0.465 e. The van der Waals surface area contributed by atoms with E-state index in [-0.39, 0.29) is 11.3 Å². The van der Waals surface area contributed by atoms with Crippen molar-refractivity contribution in [1.82, 2.24) is 10.3 Å². The molecule has 0 aromatic carbocycles. The third-order valence-corrected chi connectivity index (χ3v) is 2.02. The molecule has 1 N–H and O–H groups in total. The van der Waals surface area contributed by atoms with Crippen LogP contribution in [0.15, 0.2) is 18.5 Å². The first-order valence-corrected chi connectivity index (χ1v) is 5.28. The molecule has 1 aromatic rings. The zero-order valence-corrected chi connectivity index (χ0v) is 10.5. The van der Waals surface area contributed by atoms with E-state index >= 15 is 0 Å². The van der Waals surface area contributed by atoms with Gasteiger partial charge in [-0.25, -0.2) is 4.79 Å². The van der Waals surface area contributed by atoms with Gasteiger partial charge < -0.3 is 14.8 Å². The number of hydrogen-bond acceptors (Lipinski definition) is 5. The Hall–Kier alpha value is -2.32. The highest BCUT2D eigenvalue weighted by Crippen LogP contribution is 2.24. The van der Waals surface area contributed by atoms with Gasteiger partial charge in [-0.15, -0.1) is 0 Å². The predicted molar refractivity (Wildman–Crippen MR) is 59.9 cm³/mol. The van der Waals surface area contributed by atoms with E-state index in [0.29, 0.717) is 0 Å². The number of alkyl halides is 3. The highest BCUT2D eigenvalue weighted by atomic mass is 19.4. The van der Waals surface area contributed by atoms with Crippen LogP contribution < -0.4 is 10.1 Å². The zero-order chi connectivity index (χ0) is 15.3. The molecular weight excluding hydrogens is 281 g/mol. The molecule has 0 aliphatic heterocycles. The smallest absolute Gasteiger partial charge is 0.445 e. The monoisotopic (exact) mass is 292 g/mol. The number of ether oxygens (including phenoxy) is 2. The summed E-state index contributed by atoms with van der Waals surface area (Å²) in [5.41, 5.74) is -0.0752. The zero-order valence-electron chi connectivity index (χ0n) is 10.5. The number of methoxy groups -OCH3 is 1. The number of carbonyl (C=O) groups is 2. The van der Waals surface area contributed by atoms with Gasteiger partial charge in [0.25, 0.3) is 6.23 Å². The van der Waals surface area contributed by atoms with Crippen molar-refractivity contribution in [3.63, 3.8) is 0 Å². The van der Waals surface area contributed by atoms with Gasteiger partial charge in [0.05, 0.1) is 18.9 Å². The summed E-state index contributed by atoms with van der Waals surface area (Å²) in [5.74, 6) is -2.01. The molecule has 0 aliphatic carbocycles. The number of nitrogens with one attached hydrogen (secondary N) is 1. The lowest BCUT2D eigenvalue weighted by Crippen LogP contribution is -2.48. The first-order chi connectivity index (χ1) is 9.24. The van der Waals surface area contributed by atoms with Crippen molar-refractivity contribution in [1.29, 1.82) is 0 Å². The Balaban J connectivity index is 2.94. The molecule has 110 valence electrons. The van der Waals surface area contributed by atoms with Crippen molar-refractivity contribution in [2.45, 2.75) is 19.3 Å². The lowest BCUT2D eigenvalue weighted by atomic mass is 10.3. The van der Waals surface area contributed by atoms with Crippen LogP contribution in [0.3, 0.4) is 0 Å². The Morgan fingerprint density at radius 1 is 1.35 bits per heavy atom. The molecule has 1 atom stereocenters. The average Bonchev–Trinajstić information content (AvgIpc) is 2.36. The molecular formula is C11H11F3N2O4. The maximum absolute atomic E-state index is 12.6. The highest BCUT2D eigenvalue weighted by Gasteiger charge is 2.42. The first kappa shape index (κ1) is 15.7. The molecule has 0 fully saturated rings. The van der Waals surface area contributed by atoms with Gasteiger partial charge in [-0.2, -0.15) is 13.2 Å². The van der Waals surface area contributed by atoms with E-state index in [1.807, 2.05) is 0 Å². The number of pyridine rings is 1. The van der Waals surface area contributed by atoms with Gasteiger partial charge in [0.15, 0.2) is 0 Å². The van der Waals surface area contributed by atoms with Crippen LogP contribution in [0, 0.1) is 0 Å². The van der Waals surface area contributed by atoms with Crippen LogP contribution in [-0.2, 0) is 9.53 Å². The molecule has 1 heterocycles. The van der Waals surface area contributed by atoms with E-state index in [4.69, 9.17) is 0 Å². The molecule has 1 amide bonds. The van der Waals surface area contributed by atoms with Crippen LogP contribution in [0.25, 0.3) is 0 Å². The first-order valence-electron chi connectivity index (χ1n) is 5.28. The Morgan fingerprint density at radius 2 is 2.00 bits per heavy atom. The van der Waals surface area contributed by atoms with Crippen molar-refractivity contribution in [3.05, 3.63) is 24.0 Å². The number of nitrogens with zero attached hydrogens (tertiary/aromatic N) is 1. The third-order valence-electron chi connectivity index (χ3n) is 2.02. The molecule has 1 aromatic heterocycles. The Bertz CT molecular complexity index is 505. The van der Waals surface area contributed by atoms with E-state index < -0.39 is 24.3 Å². The van der Waals surface area contributed by atoms with Crippen molar-refractivity contribution < 1.29 is 32.2 Å². The van der Waals surface area contributed by atoms with Crippen LogP contribution in [0.5, 0.6) is 5.75 Å². The van der Waals surface area contributed by atoms with Crippen LogP contribution >= 0.6 is 0 Å². The minimum Gasteiger partial charge on any atom is -0.465 e. The molecule has 6 nitrogen and oxygen atoms in total. The van der Waals surface area contributed by atoms with Crippen molar-refractivity contribution in [3.8, 4) is 5.75 Å². The second-order valence-corrected chi connectivity index (χ2v) is 3.64. The number of hydrogen-bond donors (Lipinski definition) is 1. The standard InChI is InChI=1S/C11H11F3N2O4/c1-6(17)16-10(11(12,13)14)20-8-3-7(4-15-5-8)9(18)19-2/h3-5,10H,1-2H3,(H,16,17). The van der Waals surface area contributed by atoms with Crippen molar-refractivity contribution >= 4 is 11.9 Å². The predicted octanol–water partition coefficient (Wildman–Crippen LogP) is 1.27. The van der Waals surface area contributed by atoms with Crippen molar-refractivity contribution in [2.75, 3.05) is 7.11 Å². The van der Waals surface area contributed by atoms with Gasteiger partial charge in [0, 0.05) is 13.1 Å². The fourth-order valence-electron chi connectivity index (χ4n) is 1.21. The summed E-state index contributed by atoms with van der Waals surface area (Å²) in [6.45, 7) is 0.922. The molecule has 0 aliphatic rings. The Morgan fingerprint density at radius 3 is 2.50 bits per heavy atom. The maximum Gasteiger partial charge on any atom is 0.445 e. The van der Waals surface area contributed by atoms with Gasteiger partial charge in [0.1, 0.15) is 5.75 Å². The van der Waals surface area contributed by atoms with Gasteiger partial charge in [0.2, 0.25) is 5.91 Å². The summed E-state index contributed by atoms with van der Waals surface area (Å²) in [6.07, 6.45) is -5.26. The SMILES string of the molecule is COC(=O)c1cncc(OC(NC(C)=O)C(F)(F)F)c1. The molecule has 0 bridgehead atoms. The minimum absolute atomic E-state index is 0.0752. The van der Waals surface area contributed by atoms with E-state index in [1.54, 1.807) is 5.32 Å². The second-order valence-electron chi connectivity index (χ2n) is 3.64.